The van der Waals surface area contributed by atoms with Gasteiger partial charge in [0.05, 0.1) is 12.8 Å². The molecule has 0 amide bonds. The highest BCUT2D eigenvalue weighted by atomic mass is 16.5. The number of rotatable bonds is 6. The molecule has 0 spiro atoms. The Labute approximate surface area is 103 Å². The first-order valence-electron chi connectivity index (χ1n) is 6.58. The molecule has 2 heterocycles. The Kier molecular flexibility index (Phi) is 4.18. The fourth-order valence-electron chi connectivity index (χ4n) is 2.48. The van der Waals surface area contributed by atoms with Crippen LogP contribution in [-0.4, -0.2) is 36.1 Å². The number of aryl methyl sites for hydroxylation is 1. The van der Waals surface area contributed by atoms with Gasteiger partial charge in [-0.1, -0.05) is 6.92 Å². The molecule has 1 N–H and O–H groups in total. The number of hydrogen-bond acceptors (Lipinski definition) is 3. The molecular formula is C13H23N3O. The zero-order valence-electron chi connectivity index (χ0n) is 10.9. The highest BCUT2D eigenvalue weighted by Crippen LogP contribution is 2.31. The van der Waals surface area contributed by atoms with Crippen molar-refractivity contribution in [1.82, 2.24) is 15.1 Å². The molecule has 4 heteroatoms. The standard InChI is InChI=1S/C13H23N3O/c1-3-14-10-13(5-6-17-11-13)7-12-8-15-16(4-2)9-12/h8-9,14H,3-7,10-11H2,1-2H3. The lowest BCUT2D eigenvalue weighted by molar-refractivity contribution is 0.149. The number of nitrogens with one attached hydrogen (secondary N) is 1. The molecule has 1 fully saturated rings. The Morgan fingerprint density at radius 1 is 1.53 bits per heavy atom. The van der Waals surface area contributed by atoms with E-state index in [2.05, 4.69) is 30.5 Å². The average Bonchev–Trinajstić information content (AvgIpc) is 2.97. The minimum atomic E-state index is 0.275. The second kappa shape index (κ2) is 5.65. The quantitative estimate of drug-likeness (QED) is 0.814. The molecule has 1 atom stereocenters. The van der Waals surface area contributed by atoms with E-state index in [9.17, 15) is 0 Å². The first kappa shape index (κ1) is 12.6. The predicted molar refractivity (Wildman–Crippen MR) is 68.0 cm³/mol. The van der Waals surface area contributed by atoms with Crippen molar-refractivity contribution in [2.24, 2.45) is 5.41 Å². The predicted octanol–water partition coefficient (Wildman–Crippen LogP) is 1.46. The maximum atomic E-state index is 5.60. The van der Waals surface area contributed by atoms with Crippen LogP contribution in [0.25, 0.3) is 0 Å². The summed E-state index contributed by atoms with van der Waals surface area (Å²) in [6.07, 6.45) is 6.37. The minimum Gasteiger partial charge on any atom is -0.381 e. The van der Waals surface area contributed by atoms with E-state index in [4.69, 9.17) is 4.74 Å². The minimum absolute atomic E-state index is 0.275. The van der Waals surface area contributed by atoms with Gasteiger partial charge in [-0.15, -0.1) is 0 Å². The van der Waals surface area contributed by atoms with Crippen LogP contribution in [0.15, 0.2) is 12.4 Å². The molecule has 0 aromatic carbocycles. The summed E-state index contributed by atoms with van der Waals surface area (Å²) >= 11 is 0. The number of hydrogen-bond donors (Lipinski definition) is 1. The molecule has 1 unspecified atom stereocenters. The highest BCUT2D eigenvalue weighted by Gasteiger charge is 2.34. The van der Waals surface area contributed by atoms with Crippen LogP contribution in [0, 0.1) is 5.41 Å². The van der Waals surface area contributed by atoms with E-state index >= 15 is 0 Å². The summed E-state index contributed by atoms with van der Waals surface area (Å²) < 4.78 is 7.59. The van der Waals surface area contributed by atoms with Crippen LogP contribution in [0.5, 0.6) is 0 Å². The van der Waals surface area contributed by atoms with E-state index in [1.807, 2.05) is 10.9 Å². The Morgan fingerprint density at radius 2 is 2.41 bits per heavy atom. The smallest absolute Gasteiger partial charge is 0.0538 e. The van der Waals surface area contributed by atoms with E-state index in [1.54, 1.807) is 0 Å². The molecule has 1 aromatic heterocycles. The first-order valence-corrected chi connectivity index (χ1v) is 6.58. The Hall–Kier alpha value is -0.870. The van der Waals surface area contributed by atoms with Gasteiger partial charge in [-0.05, 0) is 31.9 Å². The van der Waals surface area contributed by atoms with Gasteiger partial charge < -0.3 is 10.1 Å². The molecule has 1 saturated heterocycles. The van der Waals surface area contributed by atoms with Crippen molar-refractivity contribution in [2.75, 3.05) is 26.3 Å². The first-order chi connectivity index (χ1) is 8.28. The van der Waals surface area contributed by atoms with E-state index in [0.717, 1.165) is 45.7 Å². The van der Waals surface area contributed by atoms with Gasteiger partial charge in [-0.2, -0.15) is 5.10 Å². The lowest BCUT2D eigenvalue weighted by Gasteiger charge is -2.27. The summed E-state index contributed by atoms with van der Waals surface area (Å²) in [6.45, 7) is 9.04. The molecule has 1 aliphatic rings. The lowest BCUT2D eigenvalue weighted by atomic mass is 9.81. The monoisotopic (exact) mass is 237 g/mol. The van der Waals surface area contributed by atoms with Gasteiger partial charge in [0.1, 0.15) is 0 Å². The van der Waals surface area contributed by atoms with Crippen LogP contribution in [-0.2, 0) is 17.7 Å². The van der Waals surface area contributed by atoms with Gasteiger partial charge >= 0.3 is 0 Å². The van der Waals surface area contributed by atoms with Crippen molar-refractivity contribution in [3.05, 3.63) is 18.0 Å². The summed E-state index contributed by atoms with van der Waals surface area (Å²) in [6, 6.07) is 0. The van der Waals surface area contributed by atoms with Gasteiger partial charge in [0.15, 0.2) is 0 Å². The normalized spacial score (nSPS) is 24.4. The second-order valence-corrected chi connectivity index (χ2v) is 4.96. The number of nitrogens with zero attached hydrogens (tertiary/aromatic N) is 2. The molecule has 0 bridgehead atoms. The van der Waals surface area contributed by atoms with E-state index < -0.39 is 0 Å². The molecule has 17 heavy (non-hydrogen) atoms. The van der Waals surface area contributed by atoms with Gasteiger partial charge in [-0.3, -0.25) is 4.68 Å². The molecule has 1 aromatic rings. The SMILES string of the molecule is CCNCC1(Cc2cnn(CC)c2)CCOC1. The Bertz CT molecular complexity index is 342. The Balaban J connectivity index is 2.01. The molecule has 0 radical (unpaired) electrons. The Morgan fingerprint density at radius 3 is 3.00 bits per heavy atom. The van der Waals surface area contributed by atoms with Crippen LogP contribution in [0.3, 0.4) is 0 Å². The van der Waals surface area contributed by atoms with Crippen molar-refractivity contribution in [2.45, 2.75) is 33.2 Å². The van der Waals surface area contributed by atoms with Gasteiger partial charge in [0.2, 0.25) is 0 Å². The van der Waals surface area contributed by atoms with Crippen molar-refractivity contribution >= 4 is 0 Å². The second-order valence-electron chi connectivity index (χ2n) is 4.96. The maximum Gasteiger partial charge on any atom is 0.0538 e. The summed E-state index contributed by atoms with van der Waals surface area (Å²) in [7, 11) is 0. The third-order valence-corrected chi connectivity index (χ3v) is 3.52. The van der Waals surface area contributed by atoms with Crippen LogP contribution in [0.1, 0.15) is 25.8 Å². The van der Waals surface area contributed by atoms with Crippen molar-refractivity contribution in [3.8, 4) is 0 Å². The lowest BCUT2D eigenvalue weighted by Crippen LogP contribution is -2.36. The fourth-order valence-corrected chi connectivity index (χ4v) is 2.48. The molecule has 0 saturated carbocycles. The zero-order valence-corrected chi connectivity index (χ0v) is 10.9. The summed E-state index contributed by atoms with van der Waals surface area (Å²) in [5.41, 5.74) is 1.60. The summed E-state index contributed by atoms with van der Waals surface area (Å²) in [4.78, 5) is 0. The average molecular weight is 237 g/mol. The highest BCUT2D eigenvalue weighted by molar-refractivity contribution is 5.09. The molecule has 0 aliphatic carbocycles. The van der Waals surface area contributed by atoms with Crippen LogP contribution < -0.4 is 5.32 Å². The fraction of sp³-hybridized carbons (Fsp3) is 0.769. The van der Waals surface area contributed by atoms with E-state index in [0.29, 0.717) is 0 Å². The zero-order chi connectivity index (χ0) is 12.1. The van der Waals surface area contributed by atoms with Crippen LogP contribution in [0.4, 0.5) is 0 Å². The largest absolute Gasteiger partial charge is 0.381 e. The molecule has 1 aliphatic heterocycles. The van der Waals surface area contributed by atoms with Gasteiger partial charge in [0, 0.05) is 31.3 Å². The molecule has 4 nitrogen and oxygen atoms in total. The topological polar surface area (TPSA) is 39.1 Å². The number of ether oxygens (including phenoxy) is 1. The summed E-state index contributed by atoms with van der Waals surface area (Å²) in [5.74, 6) is 0. The van der Waals surface area contributed by atoms with Crippen molar-refractivity contribution in [3.63, 3.8) is 0 Å². The van der Waals surface area contributed by atoms with Crippen molar-refractivity contribution < 1.29 is 4.74 Å². The third kappa shape index (κ3) is 3.07. The number of aromatic nitrogens is 2. The van der Waals surface area contributed by atoms with Crippen LogP contribution >= 0.6 is 0 Å². The van der Waals surface area contributed by atoms with Crippen LogP contribution in [0.2, 0.25) is 0 Å². The molecular weight excluding hydrogens is 214 g/mol. The summed E-state index contributed by atoms with van der Waals surface area (Å²) in [5, 5.41) is 7.81. The van der Waals surface area contributed by atoms with E-state index in [1.165, 1.54) is 5.56 Å². The maximum absolute atomic E-state index is 5.60. The molecule has 2 rings (SSSR count). The van der Waals surface area contributed by atoms with Gasteiger partial charge in [0.25, 0.3) is 0 Å². The third-order valence-electron chi connectivity index (χ3n) is 3.52. The van der Waals surface area contributed by atoms with Crippen molar-refractivity contribution in [1.29, 1.82) is 0 Å². The van der Waals surface area contributed by atoms with E-state index in [-0.39, 0.29) is 5.41 Å². The molecule has 96 valence electrons. The van der Waals surface area contributed by atoms with Gasteiger partial charge in [-0.25, -0.2) is 0 Å².